The molecule has 0 fully saturated rings. The van der Waals surface area contributed by atoms with Crippen LogP contribution in [-0.2, 0) is 10.8 Å². The number of para-hydroxylation sites is 3. The third-order valence-electron chi connectivity index (χ3n) is 17.3. The Morgan fingerprint density at radius 2 is 0.750 bits per heavy atom. The van der Waals surface area contributed by atoms with Crippen molar-refractivity contribution in [2.75, 3.05) is 4.90 Å². The molecule has 0 unspecified atom stereocenters. The van der Waals surface area contributed by atoms with Crippen LogP contribution in [0.2, 0.25) is 0 Å². The molecule has 360 valence electrons. The maximum Gasteiger partial charge on any atom is 0.145 e. The second kappa shape index (κ2) is 15.6. The summed E-state index contributed by atoms with van der Waals surface area (Å²) in [6.07, 6.45) is 0. The summed E-state index contributed by atoms with van der Waals surface area (Å²) in [7, 11) is 0. The first kappa shape index (κ1) is 43.1. The molecule has 0 saturated heterocycles. The maximum absolute atomic E-state index is 7.33. The highest BCUT2D eigenvalue weighted by Gasteiger charge is 2.37. The Balaban J connectivity index is 0.803. The summed E-state index contributed by atoms with van der Waals surface area (Å²) in [4.78, 5) is 2.38. The van der Waals surface area contributed by atoms with Gasteiger partial charge in [-0.25, -0.2) is 0 Å². The average molecular weight is 974 g/mol. The predicted molar refractivity (Wildman–Crippen MR) is 318 cm³/mol. The van der Waals surface area contributed by atoms with E-state index in [9.17, 15) is 0 Å². The van der Waals surface area contributed by atoms with Gasteiger partial charge in [0, 0.05) is 60.8 Å². The molecule has 0 spiro atoms. The summed E-state index contributed by atoms with van der Waals surface area (Å²) in [5, 5.41) is 6.81. The van der Waals surface area contributed by atoms with Gasteiger partial charge in [-0.1, -0.05) is 161 Å². The van der Waals surface area contributed by atoms with E-state index in [0.717, 1.165) is 88.6 Å². The van der Waals surface area contributed by atoms with Gasteiger partial charge in [0.1, 0.15) is 11.2 Å². The molecular weight excluding hydrogens is 923 g/mol. The number of anilines is 3. The standard InChI is InChI=1S/C72H51N3O/c1-71(2)59-22-12-8-18-51(59)53-36-28-45(42-61(53)71)44-26-29-48(30-27-44)74-63-24-14-10-20-57(63)67-65(74)40-38-55-56-39-41-66-68(70(56)76-69(55)67)58-21-11-15-25-64(58)75(66)49-33-31-47(32-34-49)73(46-16-6-5-7-17-46)50-35-37-54-52-19-9-13-23-60(52)72(3,4)62(54)43-50/h5-43H,1-4H3. The van der Waals surface area contributed by atoms with E-state index in [0.29, 0.717) is 0 Å². The van der Waals surface area contributed by atoms with E-state index in [1.54, 1.807) is 0 Å². The van der Waals surface area contributed by atoms with Crippen LogP contribution in [0.25, 0.3) is 110 Å². The molecule has 0 aliphatic heterocycles. The molecule has 4 nitrogen and oxygen atoms in total. The van der Waals surface area contributed by atoms with Crippen LogP contribution < -0.4 is 4.90 Å². The van der Waals surface area contributed by atoms with Gasteiger partial charge in [0.2, 0.25) is 0 Å². The second-order valence-corrected chi connectivity index (χ2v) is 22.0. The van der Waals surface area contributed by atoms with Gasteiger partial charge < -0.3 is 18.5 Å². The SMILES string of the molecule is CC1(C)c2ccccc2-c2ccc(-c3ccc(-n4c5ccccc5c5c6oc7c(ccc8c7c7ccccc7n8-c7ccc(N(c8ccccc8)c8ccc9c(c8)C(C)(C)c8ccccc8-9)cc7)c6ccc54)cc3)cc21. The fourth-order valence-electron chi connectivity index (χ4n) is 13.6. The van der Waals surface area contributed by atoms with Gasteiger partial charge >= 0.3 is 0 Å². The van der Waals surface area contributed by atoms with Gasteiger partial charge in [0.25, 0.3) is 0 Å². The Hall–Kier alpha value is -9.38. The summed E-state index contributed by atoms with van der Waals surface area (Å²) in [5.41, 5.74) is 25.0. The lowest BCUT2D eigenvalue weighted by atomic mass is 9.81. The number of rotatable bonds is 6. The first-order chi connectivity index (χ1) is 37.2. The monoisotopic (exact) mass is 973 g/mol. The second-order valence-electron chi connectivity index (χ2n) is 22.0. The van der Waals surface area contributed by atoms with Crippen molar-refractivity contribution in [2.45, 2.75) is 38.5 Å². The Kier molecular flexibility index (Phi) is 8.83. The van der Waals surface area contributed by atoms with Crippen LogP contribution in [0.3, 0.4) is 0 Å². The van der Waals surface area contributed by atoms with Crippen molar-refractivity contribution in [3.05, 3.63) is 259 Å². The highest BCUT2D eigenvalue weighted by molar-refractivity contribution is 6.29. The zero-order chi connectivity index (χ0) is 50.6. The molecule has 2 aliphatic rings. The van der Waals surface area contributed by atoms with Crippen molar-refractivity contribution >= 4 is 82.6 Å². The van der Waals surface area contributed by atoms with Crippen molar-refractivity contribution in [1.82, 2.24) is 9.13 Å². The summed E-state index contributed by atoms with van der Waals surface area (Å²) >= 11 is 0. The first-order valence-corrected chi connectivity index (χ1v) is 26.6. The van der Waals surface area contributed by atoms with Crippen LogP contribution >= 0.6 is 0 Å². The van der Waals surface area contributed by atoms with Crippen LogP contribution in [0.4, 0.5) is 17.1 Å². The van der Waals surface area contributed by atoms with Crippen LogP contribution in [0, 0.1) is 0 Å². The smallest absolute Gasteiger partial charge is 0.145 e. The summed E-state index contributed by atoms with van der Waals surface area (Å²) in [6, 6.07) is 87.3. The number of furan rings is 1. The van der Waals surface area contributed by atoms with Gasteiger partial charge in [0.05, 0.1) is 32.8 Å². The van der Waals surface area contributed by atoms with Crippen molar-refractivity contribution in [3.63, 3.8) is 0 Å². The van der Waals surface area contributed by atoms with Crippen LogP contribution in [0.15, 0.2) is 241 Å². The zero-order valence-corrected chi connectivity index (χ0v) is 42.8. The van der Waals surface area contributed by atoms with Gasteiger partial charge in [0.15, 0.2) is 0 Å². The predicted octanol–water partition coefficient (Wildman–Crippen LogP) is 19.5. The van der Waals surface area contributed by atoms with Gasteiger partial charge in [-0.05, 0) is 159 Å². The van der Waals surface area contributed by atoms with Gasteiger partial charge in [-0.2, -0.15) is 0 Å². The molecule has 16 rings (SSSR count). The highest BCUT2D eigenvalue weighted by Crippen LogP contribution is 2.52. The Morgan fingerprint density at radius 3 is 1.33 bits per heavy atom. The lowest BCUT2D eigenvalue weighted by Gasteiger charge is -2.28. The lowest BCUT2D eigenvalue weighted by molar-refractivity contribution is 0.660. The molecule has 11 aromatic carbocycles. The highest BCUT2D eigenvalue weighted by atomic mass is 16.3. The topological polar surface area (TPSA) is 26.2 Å². The normalized spacial score (nSPS) is 14.0. The van der Waals surface area contributed by atoms with Crippen LogP contribution in [0.5, 0.6) is 0 Å². The molecular formula is C72H51N3O. The fraction of sp³-hybridized carbons (Fsp3) is 0.0833. The van der Waals surface area contributed by atoms with E-state index in [2.05, 4.69) is 278 Å². The zero-order valence-electron chi connectivity index (χ0n) is 42.8. The number of benzene rings is 11. The van der Waals surface area contributed by atoms with E-state index in [-0.39, 0.29) is 10.8 Å². The van der Waals surface area contributed by atoms with Gasteiger partial charge in [-0.15, -0.1) is 0 Å². The van der Waals surface area contributed by atoms with E-state index in [1.807, 2.05) is 0 Å². The molecule has 0 amide bonds. The van der Waals surface area contributed by atoms with E-state index in [1.165, 1.54) is 61.0 Å². The number of hydrogen-bond donors (Lipinski definition) is 0. The quantitative estimate of drug-likeness (QED) is 0.166. The maximum atomic E-state index is 7.33. The molecule has 2 aliphatic carbocycles. The fourth-order valence-corrected chi connectivity index (χ4v) is 13.6. The first-order valence-electron chi connectivity index (χ1n) is 26.6. The largest absolute Gasteiger partial charge is 0.455 e. The minimum atomic E-state index is -0.106. The number of fused-ring (bicyclic) bond motifs is 17. The van der Waals surface area contributed by atoms with Crippen molar-refractivity contribution < 1.29 is 4.42 Å². The molecule has 3 aromatic heterocycles. The molecule has 0 saturated carbocycles. The van der Waals surface area contributed by atoms with E-state index in [4.69, 9.17) is 4.42 Å². The third-order valence-corrected chi connectivity index (χ3v) is 17.3. The molecule has 76 heavy (non-hydrogen) atoms. The molecule has 0 atom stereocenters. The number of aromatic nitrogens is 2. The molecule has 0 N–H and O–H groups in total. The van der Waals surface area contributed by atoms with Crippen LogP contribution in [0.1, 0.15) is 49.9 Å². The third kappa shape index (κ3) is 5.90. The molecule has 0 bridgehead atoms. The molecule has 4 heteroatoms. The lowest BCUT2D eigenvalue weighted by Crippen LogP contribution is -2.16. The molecule has 3 heterocycles. The van der Waals surface area contributed by atoms with Crippen molar-refractivity contribution in [3.8, 4) is 44.8 Å². The van der Waals surface area contributed by atoms with E-state index < -0.39 is 0 Å². The summed E-state index contributed by atoms with van der Waals surface area (Å²) in [5.74, 6) is 0. The number of hydrogen-bond acceptors (Lipinski definition) is 2. The van der Waals surface area contributed by atoms with Gasteiger partial charge in [-0.3, -0.25) is 0 Å². The minimum Gasteiger partial charge on any atom is -0.455 e. The van der Waals surface area contributed by atoms with Crippen molar-refractivity contribution in [2.24, 2.45) is 0 Å². The minimum absolute atomic E-state index is 0.0506. The van der Waals surface area contributed by atoms with Crippen molar-refractivity contribution in [1.29, 1.82) is 0 Å². The Labute approximate surface area is 440 Å². The van der Waals surface area contributed by atoms with Crippen LogP contribution in [-0.4, -0.2) is 9.13 Å². The molecule has 14 aromatic rings. The number of nitrogens with zero attached hydrogens (tertiary/aromatic N) is 3. The Bertz CT molecular complexity index is 4740. The summed E-state index contributed by atoms with van der Waals surface area (Å²) < 4.78 is 12.1. The molecule has 0 radical (unpaired) electrons. The van der Waals surface area contributed by atoms with E-state index >= 15 is 0 Å². The Morgan fingerprint density at radius 1 is 0.316 bits per heavy atom. The summed E-state index contributed by atoms with van der Waals surface area (Å²) in [6.45, 7) is 9.40. The average Bonchev–Trinajstić information content (AvgIpc) is 4.41.